The van der Waals surface area contributed by atoms with Crippen LogP contribution in [0, 0.1) is 0 Å². The Bertz CT molecular complexity index is 481. The summed E-state index contributed by atoms with van der Waals surface area (Å²) in [6.07, 6.45) is 0. The monoisotopic (exact) mass is 306 g/mol. The van der Waals surface area contributed by atoms with Crippen LogP contribution in [0.1, 0.15) is 25.6 Å². The highest BCUT2D eigenvalue weighted by molar-refractivity contribution is 7.89. The summed E-state index contributed by atoms with van der Waals surface area (Å²) in [5.74, 6) is 0. The van der Waals surface area contributed by atoms with E-state index in [0.29, 0.717) is 11.4 Å². The molecule has 1 aromatic heterocycles. The number of aliphatic hydroxyl groups excluding tert-OH is 1. The standard InChI is InChI=1S/C12H22N2O3S2/c1-4-14(5-2)7-10(3)13-19(16,17)12-6-11(8-15)18-9-12/h6,9-10,13,15H,4-5,7-8H2,1-3H3. The zero-order chi connectivity index (χ0) is 14.5. The highest BCUT2D eigenvalue weighted by atomic mass is 32.2. The number of thiophene rings is 1. The Morgan fingerprint density at radius 3 is 2.53 bits per heavy atom. The van der Waals surface area contributed by atoms with E-state index in [1.165, 1.54) is 17.4 Å². The third kappa shape index (κ3) is 4.85. The van der Waals surface area contributed by atoms with Gasteiger partial charge in [0, 0.05) is 22.8 Å². The van der Waals surface area contributed by atoms with Crippen molar-refractivity contribution in [1.29, 1.82) is 0 Å². The molecule has 110 valence electrons. The Balaban J connectivity index is 2.68. The molecule has 1 rings (SSSR count). The van der Waals surface area contributed by atoms with Gasteiger partial charge in [-0.3, -0.25) is 0 Å². The largest absolute Gasteiger partial charge is 0.391 e. The molecule has 1 aromatic rings. The molecule has 0 spiro atoms. The molecule has 0 fully saturated rings. The smallest absolute Gasteiger partial charge is 0.241 e. The quantitative estimate of drug-likeness (QED) is 0.758. The minimum Gasteiger partial charge on any atom is -0.391 e. The number of hydrogen-bond acceptors (Lipinski definition) is 5. The summed E-state index contributed by atoms with van der Waals surface area (Å²) in [6, 6.07) is 1.36. The second-order valence-corrected chi connectivity index (χ2v) is 7.12. The van der Waals surface area contributed by atoms with Crippen molar-refractivity contribution in [3.8, 4) is 0 Å². The molecular weight excluding hydrogens is 284 g/mol. The molecule has 0 aliphatic heterocycles. The van der Waals surface area contributed by atoms with Crippen molar-refractivity contribution in [3.05, 3.63) is 16.3 Å². The number of nitrogens with one attached hydrogen (secondary N) is 1. The Hall–Kier alpha value is -0.470. The molecule has 0 aliphatic rings. The Morgan fingerprint density at radius 2 is 2.05 bits per heavy atom. The summed E-state index contributed by atoms with van der Waals surface area (Å²) in [6.45, 7) is 8.31. The summed E-state index contributed by atoms with van der Waals surface area (Å²) >= 11 is 1.25. The molecule has 0 saturated carbocycles. The first-order valence-corrected chi connectivity index (χ1v) is 8.72. The second-order valence-electron chi connectivity index (χ2n) is 4.42. The van der Waals surface area contributed by atoms with Crippen molar-refractivity contribution in [2.75, 3.05) is 19.6 Å². The molecule has 0 aliphatic carbocycles. The molecule has 0 bridgehead atoms. The van der Waals surface area contributed by atoms with E-state index in [1.54, 1.807) is 5.38 Å². The normalized spacial score (nSPS) is 13.9. The SMILES string of the molecule is CCN(CC)CC(C)NS(=O)(=O)c1csc(CO)c1. The number of hydrogen-bond donors (Lipinski definition) is 2. The van der Waals surface area contributed by atoms with Gasteiger partial charge in [0.2, 0.25) is 10.0 Å². The fourth-order valence-corrected chi connectivity index (χ4v) is 4.19. The summed E-state index contributed by atoms with van der Waals surface area (Å²) < 4.78 is 26.9. The van der Waals surface area contributed by atoms with Crippen molar-refractivity contribution in [2.24, 2.45) is 0 Å². The van der Waals surface area contributed by atoms with E-state index < -0.39 is 10.0 Å². The predicted octanol–water partition coefficient (Wildman–Crippen LogP) is 1.25. The number of likely N-dealkylation sites (N-methyl/N-ethyl adjacent to an activating group) is 1. The molecule has 0 aromatic carbocycles. The van der Waals surface area contributed by atoms with Crippen molar-refractivity contribution in [1.82, 2.24) is 9.62 Å². The van der Waals surface area contributed by atoms with E-state index in [0.717, 1.165) is 13.1 Å². The maximum atomic E-state index is 12.1. The van der Waals surface area contributed by atoms with Gasteiger partial charge >= 0.3 is 0 Å². The predicted molar refractivity (Wildman–Crippen MR) is 77.8 cm³/mol. The van der Waals surface area contributed by atoms with E-state index >= 15 is 0 Å². The van der Waals surface area contributed by atoms with Crippen LogP contribution in [0.4, 0.5) is 0 Å². The van der Waals surface area contributed by atoms with Crippen molar-refractivity contribution < 1.29 is 13.5 Å². The van der Waals surface area contributed by atoms with Crippen molar-refractivity contribution >= 4 is 21.4 Å². The molecule has 0 saturated heterocycles. The van der Waals surface area contributed by atoms with Crippen LogP contribution in [0.15, 0.2) is 16.3 Å². The number of rotatable bonds is 8. The minimum absolute atomic E-state index is 0.130. The fraction of sp³-hybridized carbons (Fsp3) is 0.667. The molecule has 7 heteroatoms. The molecular formula is C12H22N2O3S2. The Kier molecular flexibility index (Phi) is 6.41. The zero-order valence-corrected chi connectivity index (χ0v) is 13.2. The van der Waals surface area contributed by atoms with Crippen molar-refractivity contribution in [2.45, 2.75) is 38.3 Å². The summed E-state index contributed by atoms with van der Waals surface area (Å²) in [4.78, 5) is 3.05. The second kappa shape index (κ2) is 7.35. The van der Waals surface area contributed by atoms with Crippen LogP contribution < -0.4 is 4.72 Å². The molecule has 2 N–H and O–H groups in total. The minimum atomic E-state index is -3.49. The fourth-order valence-electron chi connectivity index (χ4n) is 1.82. The van der Waals surface area contributed by atoms with Crippen LogP contribution >= 0.6 is 11.3 Å². The van der Waals surface area contributed by atoms with Gasteiger partial charge in [0.05, 0.1) is 11.5 Å². The van der Waals surface area contributed by atoms with E-state index in [2.05, 4.69) is 23.5 Å². The highest BCUT2D eigenvalue weighted by Gasteiger charge is 2.19. The van der Waals surface area contributed by atoms with Crippen molar-refractivity contribution in [3.63, 3.8) is 0 Å². The van der Waals surface area contributed by atoms with E-state index in [9.17, 15) is 8.42 Å². The van der Waals surface area contributed by atoms with Crippen LogP contribution in [0.2, 0.25) is 0 Å². The average molecular weight is 306 g/mol. The lowest BCUT2D eigenvalue weighted by Gasteiger charge is -2.23. The maximum absolute atomic E-state index is 12.1. The third-order valence-electron chi connectivity index (χ3n) is 2.88. The summed E-state index contributed by atoms with van der Waals surface area (Å²) in [7, 11) is -3.49. The highest BCUT2D eigenvalue weighted by Crippen LogP contribution is 2.19. The summed E-state index contributed by atoms with van der Waals surface area (Å²) in [5, 5.41) is 10.5. The average Bonchev–Trinajstić information content (AvgIpc) is 2.84. The Morgan fingerprint density at radius 1 is 1.42 bits per heavy atom. The molecule has 1 atom stereocenters. The van der Waals surface area contributed by atoms with Gasteiger partial charge in [-0.05, 0) is 26.1 Å². The first-order valence-electron chi connectivity index (χ1n) is 6.35. The van der Waals surface area contributed by atoms with E-state index in [4.69, 9.17) is 5.11 Å². The van der Waals surface area contributed by atoms with Gasteiger partial charge in [0.15, 0.2) is 0 Å². The molecule has 5 nitrogen and oxygen atoms in total. The van der Waals surface area contributed by atoms with Crippen LogP contribution in [0.3, 0.4) is 0 Å². The number of sulfonamides is 1. The van der Waals surface area contributed by atoms with E-state index in [-0.39, 0.29) is 17.5 Å². The van der Waals surface area contributed by atoms with Crippen LogP contribution in [-0.2, 0) is 16.6 Å². The Labute approximate surface area is 119 Å². The molecule has 1 unspecified atom stereocenters. The van der Waals surface area contributed by atoms with Gasteiger partial charge in [-0.2, -0.15) is 0 Å². The van der Waals surface area contributed by atoms with Gasteiger partial charge < -0.3 is 10.0 Å². The first-order chi connectivity index (χ1) is 8.92. The topological polar surface area (TPSA) is 69.6 Å². The molecule has 0 amide bonds. The molecule has 19 heavy (non-hydrogen) atoms. The van der Waals surface area contributed by atoms with Crippen LogP contribution in [0.25, 0.3) is 0 Å². The van der Waals surface area contributed by atoms with Crippen LogP contribution in [0.5, 0.6) is 0 Å². The lowest BCUT2D eigenvalue weighted by atomic mass is 10.3. The van der Waals surface area contributed by atoms with Gasteiger partial charge in [0.25, 0.3) is 0 Å². The first kappa shape index (κ1) is 16.6. The van der Waals surface area contributed by atoms with Crippen LogP contribution in [-0.4, -0.2) is 44.1 Å². The third-order valence-corrected chi connectivity index (χ3v) is 5.52. The van der Waals surface area contributed by atoms with Gasteiger partial charge in [-0.25, -0.2) is 13.1 Å². The van der Waals surface area contributed by atoms with E-state index in [1.807, 2.05) is 6.92 Å². The lowest BCUT2D eigenvalue weighted by molar-refractivity contribution is 0.282. The lowest BCUT2D eigenvalue weighted by Crippen LogP contribution is -2.41. The maximum Gasteiger partial charge on any atom is 0.241 e. The molecule has 0 radical (unpaired) electrons. The van der Waals surface area contributed by atoms with Gasteiger partial charge in [-0.1, -0.05) is 13.8 Å². The number of nitrogens with zero attached hydrogens (tertiary/aromatic N) is 1. The number of aliphatic hydroxyl groups is 1. The van der Waals surface area contributed by atoms with Gasteiger partial charge in [-0.15, -0.1) is 11.3 Å². The van der Waals surface area contributed by atoms with Gasteiger partial charge in [0.1, 0.15) is 0 Å². The zero-order valence-electron chi connectivity index (χ0n) is 11.6. The molecule has 1 heterocycles. The summed E-state index contributed by atoms with van der Waals surface area (Å²) in [5.41, 5.74) is 0.